The first-order chi connectivity index (χ1) is 15.6. The fourth-order valence-electron chi connectivity index (χ4n) is 3.07. The van der Waals surface area contributed by atoms with Gasteiger partial charge in [-0.2, -0.15) is 0 Å². The summed E-state index contributed by atoms with van der Waals surface area (Å²) in [6, 6.07) is 18.1. The first-order valence-corrected chi connectivity index (χ1v) is 11.7. The van der Waals surface area contributed by atoms with Crippen LogP contribution in [0.2, 0.25) is 0 Å². The number of hydrogen-bond donors (Lipinski definition) is 1. The number of ether oxygens (including phenoxy) is 1. The molecule has 172 valence electrons. The summed E-state index contributed by atoms with van der Waals surface area (Å²) in [5.74, 6) is -1.28. The van der Waals surface area contributed by atoms with E-state index in [9.17, 15) is 18.0 Å². The van der Waals surface area contributed by atoms with Crippen LogP contribution in [0.3, 0.4) is 0 Å². The molecule has 0 aliphatic heterocycles. The van der Waals surface area contributed by atoms with Crippen molar-refractivity contribution >= 4 is 33.3 Å². The molecule has 0 aliphatic carbocycles. The highest BCUT2D eigenvalue weighted by atomic mass is 32.2. The molecule has 0 aromatic heterocycles. The Morgan fingerprint density at radius 3 is 2.27 bits per heavy atom. The van der Waals surface area contributed by atoms with Gasteiger partial charge in [0.25, 0.3) is 15.9 Å². The normalized spacial score (nSPS) is 11.0. The van der Waals surface area contributed by atoms with Gasteiger partial charge in [0, 0.05) is 12.7 Å². The Kier molecular flexibility index (Phi) is 7.18. The lowest BCUT2D eigenvalue weighted by Gasteiger charge is -2.20. The summed E-state index contributed by atoms with van der Waals surface area (Å²) in [7, 11) is -2.45. The number of sulfonamides is 1. The molecular weight excluding hydrogens is 440 g/mol. The van der Waals surface area contributed by atoms with Crippen molar-refractivity contribution in [1.82, 2.24) is 0 Å². The molecule has 0 heterocycles. The van der Waals surface area contributed by atoms with Crippen LogP contribution in [0.25, 0.3) is 0 Å². The zero-order valence-electron chi connectivity index (χ0n) is 19.0. The highest BCUT2D eigenvalue weighted by Gasteiger charge is 2.23. The highest BCUT2D eigenvalue weighted by molar-refractivity contribution is 7.92. The number of amides is 1. The number of esters is 1. The van der Waals surface area contributed by atoms with Crippen LogP contribution >= 0.6 is 0 Å². The molecule has 8 heteroatoms. The number of nitrogens with zero attached hydrogens (tertiary/aromatic N) is 1. The van der Waals surface area contributed by atoms with Crippen LogP contribution < -0.4 is 9.62 Å². The second-order valence-corrected chi connectivity index (χ2v) is 9.73. The lowest BCUT2D eigenvalue weighted by atomic mass is 10.1. The summed E-state index contributed by atoms with van der Waals surface area (Å²) in [4.78, 5) is 24.5. The van der Waals surface area contributed by atoms with Crippen LogP contribution in [0.5, 0.6) is 0 Å². The van der Waals surface area contributed by atoms with Crippen LogP contribution in [0.1, 0.15) is 27.0 Å². The molecule has 0 spiro atoms. The first-order valence-electron chi connectivity index (χ1n) is 10.3. The third-order valence-corrected chi connectivity index (χ3v) is 7.03. The van der Waals surface area contributed by atoms with Crippen molar-refractivity contribution in [2.45, 2.75) is 25.7 Å². The Morgan fingerprint density at radius 2 is 1.61 bits per heavy atom. The number of benzene rings is 3. The van der Waals surface area contributed by atoms with Crippen molar-refractivity contribution in [2.75, 3.05) is 23.3 Å². The molecule has 3 aromatic carbocycles. The quantitative estimate of drug-likeness (QED) is 0.526. The largest absolute Gasteiger partial charge is 0.452 e. The third-order valence-electron chi connectivity index (χ3n) is 5.25. The van der Waals surface area contributed by atoms with Crippen LogP contribution in [0.4, 0.5) is 11.4 Å². The van der Waals surface area contributed by atoms with E-state index < -0.39 is 28.5 Å². The minimum Gasteiger partial charge on any atom is -0.452 e. The van der Waals surface area contributed by atoms with E-state index in [0.29, 0.717) is 11.4 Å². The second-order valence-electron chi connectivity index (χ2n) is 7.76. The van der Waals surface area contributed by atoms with Crippen LogP contribution in [-0.4, -0.2) is 33.9 Å². The zero-order chi connectivity index (χ0) is 24.2. The molecule has 0 bridgehead atoms. The van der Waals surface area contributed by atoms with E-state index in [2.05, 4.69) is 5.32 Å². The molecule has 7 nitrogen and oxygen atoms in total. The highest BCUT2D eigenvalue weighted by Crippen LogP contribution is 2.23. The van der Waals surface area contributed by atoms with Gasteiger partial charge in [0.15, 0.2) is 6.61 Å². The smallest absolute Gasteiger partial charge is 0.338 e. The summed E-state index contributed by atoms with van der Waals surface area (Å²) in [5.41, 5.74) is 4.27. The fourth-order valence-corrected chi connectivity index (χ4v) is 4.31. The molecule has 0 saturated carbocycles. The summed E-state index contributed by atoms with van der Waals surface area (Å²) >= 11 is 0. The van der Waals surface area contributed by atoms with Crippen molar-refractivity contribution in [3.8, 4) is 0 Å². The Balaban J connectivity index is 1.67. The summed E-state index contributed by atoms with van der Waals surface area (Å²) in [6.45, 7) is 5.32. The van der Waals surface area contributed by atoms with E-state index in [1.54, 1.807) is 18.2 Å². The van der Waals surface area contributed by atoms with E-state index in [1.807, 2.05) is 45.0 Å². The predicted molar refractivity (Wildman–Crippen MR) is 128 cm³/mol. The Bertz CT molecular complexity index is 1280. The van der Waals surface area contributed by atoms with Crippen molar-refractivity contribution in [3.05, 3.63) is 89.0 Å². The number of hydrogen-bond acceptors (Lipinski definition) is 5. The summed E-state index contributed by atoms with van der Waals surface area (Å²) in [5, 5.41) is 2.67. The van der Waals surface area contributed by atoms with Gasteiger partial charge in [-0.3, -0.25) is 9.10 Å². The number of rotatable bonds is 7. The van der Waals surface area contributed by atoms with Gasteiger partial charge in [-0.05, 0) is 74.4 Å². The van der Waals surface area contributed by atoms with Gasteiger partial charge < -0.3 is 10.1 Å². The van der Waals surface area contributed by atoms with Gasteiger partial charge in [-0.15, -0.1) is 0 Å². The zero-order valence-corrected chi connectivity index (χ0v) is 19.8. The molecule has 0 radical (unpaired) electrons. The number of aryl methyl sites for hydroxylation is 3. The van der Waals surface area contributed by atoms with E-state index >= 15 is 0 Å². The lowest BCUT2D eigenvalue weighted by molar-refractivity contribution is -0.119. The molecule has 0 saturated heterocycles. The molecule has 0 aliphatic rings. The van der Waals surface area contributed by atoms with E-state index in [0.717, 1.165) is 21.0 Å². The van der Waals surface area contributed by atoms with Gasteiger partial charge in [0.1, 0.15) is 0 Å². The van der Waals surface area contributed by atoms with Crippen LogP contribution in [0, 0.1) is 20.8 Å². The molecule has 33 heavy (non-hydrogen) atoms. The first kappa shape index (κ1) is 24.0. The predicted octanol–water partition coefficient (Wildman–Crippen LogP) is 4.23. The number of carbonyl (C=O) groups is 2. The molecule has 3 rings (SSSR count). The van der Waals surface area contributed by atoms with Crippen molar-refractivity contribution in [1.29, 1.82) is 0 Å². The van der Waals surface area contributed by atoms with Gasteiger partial charge in [-0.1, -0.05) is 29.8 Å². The van der Waals surface area contributed by atoms with Gasteiger partial charge in [0.2, 0.25) is 0 Å². The molecule has 1 N–H and O–H groups in total. The maximum absolute atomic E-state index is 13.0. The van der Waals surface area contributed by atoms with Crippen LogP contribution in [-0.2, 0) is 19.6 Å². The topological polar surface area (TPSA) is 92.8 Å². The monoisotopic (exact) mass is 466 g/mol. The molecule has 0 atom stereocenters. The Hall–Kier alpha value is -3.65. The minimum atomic E-state index is -3.89. The maximum atomic E-state index is 13.0. The minimum absolute atomic E-state index is 0.0346. The molecular formula is C25H26N2O5S. The van der Waals surface area contributed by atoms with Gasteiger partial charge >= 0.3 is 5.97 Å². The number of anilines is 2. The van der Waals surface area contributed by atoms with Crippen molar-refractivity contribution in [2.24, 2.45) is 0 Å². The average Bonchev–Trinajstić information content (AvgIpc) is 2.80. The van der Waals surface area contributed by atoms with E-state index in [4.69, 9.17) is 4.74 Å². The van der Waals surface area contributed by atoms with Crippen LogP contribution in [0.15, 0.2) is 71.6 Å². The van der Waals surface area contributed by atoms with Crippen molar-refractivity contribution in [3.63, 3.8) is 0 Å². The van der Waals surface area contributed by atoms with Gasteiger partial charge in [-0.25, -0.2) is 13.2 Å². The second kappa shape index (κ2) is 9.87. The summed E-state index contributed by atoms with van der Waals surface area (Å²) < 4.78 is 32.3. The SMILES string of the molecule is Cc1ccc(N(C)S(=O)(=O)c2cccc(C(=O)OCC(=O)Nc3ccc(C)c(C)c3)c2)cc1. The lowest BCUT2D eigenvalue weighted by Crippen LogP contribution is -2.27. The number of nitrogens with one attached hydrogen (secondary N) is 1. The van der Waals surface area contributed by atoms with E-state index in [-0.39, 0.29) is 10.5 Å². The Morgan fingerprint density at radius 1 is 0.909 bits per heavy atom. The summed E-state index contributed by atoms with van der Waals surface area (Å²) in [6.07, 6.45) is 0. The standard InChI is InChI=1S/C25H26N2O5S/c1-17-8-12-22(13-9-17)27(4)33(30,31)23-7-5-6-20(15-23)25(29)32-16-24(28)26-21-11-10-18(2)19(3)14-21/h5-15H,16H2,1-4H3,(H,26,28). The molecule has 3 aromatic rings. The molecule has 0 unspecified atom stereocenters. The Labute approximate surface area is 194 Å². The van der Waals surface area contributed by atoms with Gasteiger partial charge in [0.05, 0.1) is 16.1 Å². The molecule has 1 amide bonds. The number of carbonyl (C=O) groups excluding carboxylic acids is 2. The van der Waals surface area contributed by atoms with E-state index in [1.165, 1.54) is 31.3 Å². The maximum Gasteiger partial charge on any atom is 0.338 e. The van der Waals surface area contributed by atoms with Crippen molar-refractivity contribution < 1.29 is 22.7 Å². The molecule has 0 fully saturated rings. The average molecular weight is 467 g/mol. The third kappa shape index (κ3) is 5.78. The fraction of sp³-hybridized carbons (Fsp3) is 0.200.